The first-order valence-electron chi connectivity index (χ1n) is 10.5. The molecule has 1 aromatic carbocycles. The highest BCUT2D eigenvalue weighted by Gasteiger charge is 2.25. The van der Waals surface area contributed by atoms with Gasteiger partial charge in [0.2, 0.25) is 5.91 Å². The number of aromatic nitrogens is 3. The number of benzene rings is 1. The van der Waals surface area contributed by atoms with Gasteiger partial charge in [0.05, 0.1) is 5.75 Å². The molecule has 0 radical (unpaired) electrons. The van der Waals surface area contributed by atoms with Crippen LogP contribution >= 0.6 is 11.8 Å². The van der Waals surface area contributed by atoms with Crippen LogP contribution in [0.5, 0.6) is 0 Å². The van der Waals surface area contributed by atoms with Crippen LogP contribution in [0.3, 0.4) is 0 Å². The van der Waals surface area contributed by atoms with Crippen molar-refractivity contribution in [3.63, 3.8) is 0 Å². The fraction of sp³-hybridized carbons (Fsp3) is 0.292. The molecule has 3 aromatic rings. The van der Waals surface area contributed by atoms with Gasteiger partial charge < -0.3 is 10.2 Å². The summed E-state index contributed by atoms with van der Waals surface area (Å²) in [4.78, 5) is 40.0. The molecule has 2 aromatic heterocycles. The largest absolute Gasteiger partial charge is 0.351 e. The van der Waals surface area contributed by atoms with Gasteiger partial charge in [0.1, 0.15) is 0 Å². The number of nitrogens with one attached hydrogen (secondary N) is 1. The number of rotatable bonds is 6. The van der Waals surface area contributed by atoms with Gasteiger partial charge in [-0.2, -0.15) is 0 Å². The summed E-state index contributed by atoms with van der Waals surface area (Å²) in [6.07, 6.45) is 5.92. The molecule has 0 aliphatic carbocycles. The number of nitrogens with zero attached hydrogens (tertiary/aromatic N) is 4. The Morgan fingerprint density at radius 3 is 2.66 bits per heavy atom. The predicted octanol–water partition coefficient (Wildman–Crippen LogP) is 3.10. The minimum Gasteiger partial charge on any atom is -0.351 e. The van der Waals surface area contributed by atoms with E-state index >= 15 is 0 Å². The summed E-state index contributed by atoms with van der Waals surface area (Å²) in [6, 6.07) is 9.41. The summed E-state index contributed by atoms with van der Waals surface area (Å²) in [5, 5.41) is 3.57. The fourth-order valence-electron chi connectivity index (χ4n) is 3.84. The Labute approximate surface area is 191 Å². The van der Waals surface area contributed by atoms with E-state index < -0.39 is 0 Å². The van der Waals surface area contributed by atoms with E-state index in [-0.39, 0.29) is 17.6 Å². The topological polar surface area (TPSA) is 88.1 Å². The van der Waals surface area contributed by atoms with E-state index in [1.807, 2.05) is 49.2 Å². The second-order valence-electron chi connectivity index (χ2n) is 7.71. The Kier molecular flexibility index (Phi) is 6.80. The van der Waals surface area contributed by atoms with Gasteiger partial charge in [-0.1, -0.05) is 30.0 Å². The highest BCUT2D eigenvalue weighted by atomic mass is 32.2. The average Bonchev–Trinajstić information content (AvgIpc) is 2.82. The third-order valence-electron chi connectivity index (χ3n) is 5.60. The van der Waals surface area contributed by atoms with E-state index in [0.29, 0.717) is 24.8 Å². The first kappa shape index (κ1) is 22.0. The molecule has 1 aliphatic rings. The van der Waals surface area contributed by atoms with Gasteiger partial charge in [-0.25, -0.2) is 9.97 Å². The Balaban J connectivity index is 1.41. The molecule has 7 nitrogen and oxygen atoms in total. The zero-order valence-electron chi connectivity index (χ0n) is 18.2. The first-order chi connectivity index (χ1) is 15.5. The molecule has 0 unspecified atom stereocenters. The first-order valence-corrected chi connectivity index (χ1v) is 11.5. The van der Waals surface area contributed by atoms with Crippen LogP contribution in [0.2, 0.25) is 0 Å². The SMILES string of the molecule is Cc1ccccc1C(=O)N1CCc2c(cnc(C)c2CNC(=O)CSc2ncccn2)C1. The fourth-order valence-corrected chi connectivity index (χ4v) is 4.47. The quantitative estimate of drug-likeness (QED) is 0.462. The smallest absolute Gasteiger partial charge is 0.254 e. The van der Waals surface area contributed by atoms with Crippen molar-refractivity contribution in [1.29, 1.82) is 0 Å². The minimum atomic E-state index is -0.0772. The number of thioether (sulfide) groups is 1. The third kappa shape index (κ3) is 4.96. The van der Waals surface area contributed by atoms with Crippen molar-refractivity contribution < 1.29 is 9.59 Å². The zero-order chi connectivity index (χ0) is 22.5. The maximum absolute atomic E-state index is 13.0. The van der Waals surface area contributed by atoms with Gasteiger partial charge >= 0.3 is 0 Å². The maximum Gasteiger partial charge on any atom is 0.254 e. The summed E-state index contributed by atoms with van der Waals surface area (Å²) >= 11 is 1.31. The molecule has 0 saturated carbocycles. The molecule has 164 valence electrons. The zero-order valence-corrected chi connectivity index (χ0v) is 19.0. The van der Waals surface area contributed by atoms with Crippen LogP contribution in [-0.2, 0) is 24.3 Å². The Morgan fingerprint density at radius 2 is 1.88 bits per heavy atom. The van der Waals surface area contributed by atoms with Gasteiger partial charge in [-0.05, 0) is 54.7 Å². The number of hydrogen-bond donors (Lipinski definition) is 1. The molecule has 8 heteroatoms. The van der Waals surface area contributed by atoms with E-state index in [0.717, 1.165) is 34.4 Å². The molecule has 32 heavy (non-hydrogen) atoms. The number of carbonyl (C=O) groups is 2. The lowest BCUT2D eigenvalue weighted by molar-refractivity contribution is -0.118. The molecule has 1 N–H and O–H groups in total. The second-order valence-corrected chi connectivity index (χ2v) is 8.66. The number of fused-ring (bicyclic) bond motifs is 1. The number of pyridine rings is 1. The number of carbonyl (C=O) groups excluding carboxylic acids is 2. The summed E-state index contributed by atoms with van der Waals surface area (Å²) in [5.41, 5.74) is 5.89. The highest BCUT2D eigenvalue weighted by molar-refractivity contribution is 7.99. The van der Waals surface area contributed by atoms with Gasteiger partial charge in [-0.3, -0.25) is 14.6 Å². The summed E-state index contributed by atoms with van der Waals surface area (Å²) in [7, 11) is 0. The molecule has 3 heterocycles. The van der Waals surface area contributed by atoms with Gasteiger partial charge in [0.15, 0.2) is 5.16 Å². The average molecular weight is 448 g/mol. The normalized spacial score (nSPS) is 12.9. The van der Waals surface area contributed by atoms with E-state index in [1.165, 1.54) is 17.3 Å². The molecule has 0 fully saturated rings. The third-order valence-corrected chi connectivity index (χ3v) is 6.47. The lowest BCUT2D eigenvalue weighted by atomic mass is 9.94. The van der Waals surface area contributed by atoms with Crippen molar-refractivity contribution in [2.75, 3.05) is 12.3 Å². The van der Waals surface area contributed by atoms with Gasteiger partial charge in [0.25, 0.3) is 5.91 Å². The van der Waals surface area contributed by atoms with Crippen LogP contribution in [0.25, 0.3) is 0 Å². The van der Waals surface area contributed by atoms with Crippen LogP contribution in [0.4, 0.5) is 0 Å². The lowest BCUT2D eigenvalue weighted by Gasteiger charge is -2.31. The number of hydrogen-bond acceptors (Lipinski definition) is 6. The molecular weight excluding hydrogens is 422 g/mol. The van der Waals surface area contributed by atoms with E-state index in [1.54, 1.807) is 18.5 Å². The van der Waals surface area contributed by atoms with Crippen molar-refractivity contribution >= 4 is 23.6 Å². The minimum absolute atomic E-state index is 0.0457. The van der Waals surface area contributed by atoms with E-state index in [9.17, 15) is 9.59 Å². The van der Waals surface area contributed by atoms with Crippen molar-refractivity contribution in [1.82, 2.24) is 25.2 Å². The van der Waals surface area contributed by atoms with Crippen molar-refractivity contribution in [2.45, 2.75) is 38.5 Å². The number of aryl methyl sites for hydroxylation is 2. The monoisotopic (exact) mass is 447 g/mol. The molecule has 0 spiro atoms. The summed E-state index contributed by atoms with van der Waals surface area (Å²) in [6.45, 7) is 5.50. The van der Waals surface area contributed by atoms with Crippen LogP contribution in [0.15, 0.2) is 54.1 Å². The van der Waals surface area contributed by atoms with E-state index in [4.69, 9.17) is 0 Å². The lowest BCUT2D eigenvalue weighted by Crippen LogP contribution is -2.37. The summed E-state index contributed by atoms with van der Waals surface area (Å²) in [5.74, 6) is 0.223. The van der Waals surface area contributed by atoms with Crippen LogP contribution in [-0.4, -0.2) is 44.0 Å². The van der Waals surface area contributed by atoms with Crippen molar-refractivity contribution in [3.8, 4) is 0 Å². The molecular formula is C24H25N5O2S. The van der Waals surface area contributed by atoms with Crippen LogP contribution < -0.4 is 5.32 Å². The van der Waals surface area contributed by atoms with Crippen LogP contribution in [0.1, 0.15) is 38.3 Å². The molecule has 2 amide bonds. The van der Waals surface area contributed by atoms with Crippen molar-refractivity contribution in [3.05, 3.63) is 82.4 Å². The molecule has 1 aliphatic heterocycles. The second kappa shape index (κ2) is 9.91. The summed E-state index contributed by atoms with van der Waals surface area (Å²) < 4.78 is 0. The van der Waals surface area contributed by atoms with Gasteiger partial charge in [-0.15, -0.1) is 0 Å². The number of amides is 2. The highest BCUT2D eigenvalue weighted by Crippen LogP contribution is 2.25. The van der Waals surface area contributed by atoms with Crippen LogP contribution in [0, 0.1) is 13.8 Å². The molecule has 0 atom stereocenters. The van der Waals surface area contributed by atoms with E-state index in [2.05, 4.69) is 20.3 Å². The molecule has 4 rings (SSSR count). The molecule has 0 bridgehead atoms. The molecule has 0 saturated heterocycles. The Hall–Kier alpha value is -3.26. The predicted molar refractivity (Wildman–Crippen MR) is 123 cm³/mol. The Bertz CT molecular complexity index is 1140. The van der Waals surface area contributed by atoms with Crippen molar-refractivity contribution in [2.24, 2.45) is 0 Å². The standard InChI is InChI=1S/C24H25N5O2S/c1-16-6-3-4-7-19(16)23(31)29-11-8-20-18(14-29)12-27-17(2)21(20)13-28-22(30)15-32-24-25-9-5-10-26-24/h3-7,9-10,12H,8,11,13-15H2,1-2H3,(H,28,30). The maximum atomic E-state index is 13.0. The van der Waals surface area contributed by atoms with Gasteiger partial charge in [0, 0.05) is 49.5 Å². The Morgan fingerprint density at radius 1 is 1.09 bits per heavy atom.